The van der Waals surface area contributed by atoms with Crippen LogP contribution in [0.5, 0.6) is 0 Å². The SMILES string of the molecule is COC=Nc1c(-c2ccccc2)c[nH]c1C(=O)OC. The van der Waals surface area contributed by atoms with Crippen LogP contribution in [0.3, 0.4) is 0 Å². The lowest BCUT2D eigenvalue weighted by molar-refractivity contribution is 0.0596. The minimum absolute atomic E-state index is 0.301. The molecular weight excluding hydrogens is 244 g/mol. The molecule has 2 aromatic rings. The van der Waals surface area contributed by atoms with Crippen LogP contribution in [0, 0.1) is 0 Å². The quantitative estimate of drug-likeness (QED) is 0.521. The van der Waals surface area contributed by atoms with E-state index >= 15 is 0 Å². The molecule has 2 rings (SSSR count). The molecule has 1 aromatic heterocycles. The molecule has 0 aliphatic carbocycles. The van der Waals surface area contributed by atoms with Gasteiger partial charge in [-0.05, 0) is 5.56 Å². The largest absolute Gasteiger partial charge is 0.486 e. The highest BCUT2D eigenvalue weighted by molar-refractivity contribution is 5.98. The molecule has 0 amide bonds. The summed E-state index contributed by atoms with van der Waals surface area (Å²) < 4.78 is 9.54. The van der Waals surface area contributed by atoms with E-state index in [1.54, 1.807) is 6.20 Å². The van der Waals surface area contributed by atoms with Crippen LogP contribution in [-0.4, -0.2) is 31.6 Å². The van der Waals surface area contributed by atoms with E-state index in [9.17, 15) is 4.79 Å². The van der Waals surface area contributed by atoms with E-state index in [0.717, 1.165) is 11.1 Å². The number of aliphatic imine (C=N–C) groups is 1. The van der Waals surface area contributed by atoms with Gasteiger partial charge in [0.25, 0.3) is 0 Å². The Balaban J connectivity index is 2.53. The Labute approximate surface area is 110 Å². The fraction of sp³-hybridized carbons (Fsp3) is 0.143. The van der Waals surface area contributed by atoms with Crippen LogP contribution in [0.4, 0.5) is 5.69 Å². The van der Waals surface area contributed by atoms with Gasteiger partial charge in [0.05, 0.1) is 14.2 Å². The van der Waals surface area contributed by atoms with Crippen molar-refractivity contribution in [3.8, 4) is 11.1 Å². The number of hydrogen-bond acceptors (Lipinski definition) is 4. The van der Waals surface area contributed by atoms with Gasteiger partial charge in [0.15, 0.2) is 12.1 Å². The van der Waals surface area contributed by atoms with Crippen molar-refractivity contribution >= 4 is 18.1 Å². The Kier molecular flexibility index (Phi) is 3.97. The summed E-state index contributed by atoms with van der Waals surface area (Å²) in [4.78, 5) is 18.7. The highest BCUT2D eigenvalue weighted by Crippen LogP contribution is 2.33. The second kappa shape index (κ2) is 5.86. The maximum atomic E-state index is 11.7. The average molecular weight is 258 g/mol. The van der Waals surface area contributed by atoms with Crippen LogP contribution in [0.15, 0.2) is 41.5 Å². The second-order valence-corrected chi connectivity index (χ2v) is 3.75. The summed E-state index contributed by atoms with van der Waals surface area (Å²) in [6, 6.07) is 9.65. The summed E-state index contributed by atoms with van der Waals surface area (Å²) in [6.45, 7) is 0. The van der Waals surface area contributed by atoms with Crippen molar-refractivity contribution in [1.82, 2.24) is 4.98 Å². The van der Waals surface area contributed by atoms with E-state index in [1.807, 2.05) is 30.3 Å². The molecule has 0 unspecified atom stereocenters. The van der Waals surface area contributed by atoms with Crippen LogP contribution in [0.25, 0.3) is 11.1 Å². The number of carbonyl (C=O) groups is 1. The van der Waals surface area contributed by atoms with Crippen molar-refractivity contribution in [3.63, 3.8) is 0 Å². The second-order valence-electron chi connectivity index (χ2n) is 3.75. The number of carbonyl (C=O) groups excluding carboxylic acids is 1. The number of rotatable bonds is 4. The molecule has 0 spiro atoms. The number of aromatic amines is 1. The van der Waals surface area contributed by atoms with Crippen molar-refractivity contribution in [2.45, 2.75) is 0 Å². The molecule has 0 saturated heterocycles. The highest BCUT2D eigenvalue weighted by atomic mass is 16.5. The van der Waals surface area contributed by atoms with Crippen molar-refractivity contribution < 1.29 is 14.3 Å². The Hall–Kier alpha value is -2.56. The van der Waals surface area contributed by atoms with E-state index in [0.29, 0.717) is 11.4 Å². The third-order valence-corrected chi connectivity index (χ3v) is 2.61. The van der Waals surface area contributed by atoms with Crippen LogP contribution >= 0.6 is 0 Å². The summed E-state index contributed by atoms with van der Waals surface area (Å²) in [5.74, 6) is -0.467. The Morgan fingerprint density at radius 1 is 1.26 bits per heavy atom. The molecule has 0 bridgehead atoms. The van der Waals surface area contributed by atoms with Gasteiger partial charge in [0.2, 0.25) is 0 Å². The van der Waals surface area contributed by atoms with Crippen LogP contribution in [0.2, 0.25) is 0 Å². The van der Waals surface area contributed by atoms with E-state index in [-0.39, 0.29) is 0 Å². The summed E-state index contributed by atoms with van der Waals surface area (Å²) in [5, 5.41) is 0. The lowest BCUT2D eigenvalue weighted by Gasteiger charge is -2.01. The molecule has 19 heavy (non-hydrogen) atoms. The molecule has 0 aliphatic rings. The molecule has 0 fully saturated rings. The number of aromatic nitrogens is 1. The Morgan fingerprint density at radius 3 is 2.63 bits per heavy atom. The van der Waals surface area contributed by atoms with E-state index in [4.69, 9.17) is 9.47 Å². The molecule has 0 saturated carbocycles. The molecule has 98 valence electrons. The number of benzene rings is 1. The van der Waals surface area contributed by atoms with Crippen molar-refractivity contribution in [1.29, 1.82) is 0 Å². The predicted molar refractivity (Wildman–Crippen MR) is 72.7 cm³/mol. The van der Waals surface area contributed by atoms with Gasteiger partial charge < -0.3 is 14.5 Å². The average Bonchev–Trinajstić information content (AvgIpc) is 2.89. The lowest BCUT2D eigenvalue weighted by Crippen LogP contribution is -2.01. The molecule has 0 atom stereocenters. The Bertz CT molecular complexity index is 588. The zero-order valence-corrected chi connectivity index (χ0v) is 10.7. The van der Waals surface area contributed by atoms with E-state index < -0.39 is 5.97 Å². The van der Waals surface area contributed by atoms with Crippen LogP contribution in [0.1, 0.15) is 10.5 Å². The maximum absolute atomic E-state index is 11.7. The standard InChI is InChI=1S/C14H14N2O3/c1-18-9-16-12-11(10-6-4-3-5-7-10)8-15-13(12)14(17)19-2/h3-9,15H,1-2H3. The van der Waals surface area contributed by atoms with Gasteiger partial charge in [0, 0.05) is 11.8 Å². The number of nitrogens with one attached hydrogen (secondary N) is 1. The van der Waals surface area contributed by atoms with Gasteiger partial charge in [-0.25, -0.2) is 9.79 Å². The van der Waals surface area contributed by atoms with E-state index in [1.165, 1.54) is 20.6 Å². The highest BCUT2D eigenvalue weighted by Gasteiger charge is 2.18. The van der Waals surface area contributed by atoms with Crippen LogP contribution in [-0.2, 0) is 9.47 Å². The number of hydrogen-bond donors (Lipinski definition) is 1. The number of methoxy groups -OCH3 is 2. The van der Waals surface area contributed by atoms with E-state index in [2.05, 4.69) is 9.98 Å². The third-order valence-electron chi connectivity index (χ3n) is 2.61. The van der Waals surface area contributed by atoms with Gasteiger partial charge in [-0.2, -0.15) is 0 Å². The number of esters is 1. The Morgan fingerprint density at radius 2 is 2.00 bits per heavy atom. The van der Waals surface area contributed by atoms with Crippen molar-refractivity contribution in [2.75, 3.05) is 14.2 Å². The molecule has 5 nitrogen and oxygen atoms in total. The molecule has 1 N–H and O–H groups in total. The normalized spacial score (nSPS) is 10.6. The van der Waals surface area contributed by atoms with Gasteiger partial charge in [-0.3, -0.25) is 0 Å². The summed E-state index contributed by atoms with van der Waals surface area (Å²) in [7, 11) is 2.82. The monoisotopic (exact) mass is 258 g/mol. The van der Waals surface area contributed by atoms with Crippen molar-refractivity contribution in [2.24, 2.45) is 4.99 Å². The van der Waals surface area contributed by atoms with Gasteiger partial charge in [0.1, 0.15) is 5.69 Å². The lowest BCUT2D eigenvalue weighted by atomic mass is 10.1. The van der Waals surface area contributed by atoms with Gasteiger partial charge in [-0.15, -0.1) is 0 Å². The number of ether oxygens (including phenoxy) is 2. The van der Waals surface area contributed by atoms with Crippen molar-refractivity contribution in [3.05, 3.63) is 42.2 Å². The zero-order valence-electron chi connectivity index (χ0n) is 10.7. The number of H-pyrrole nitrogens is 1. The first-order valence-corrected chi connectivity index (χ1v) is 5.68. The molecule has 1 heterocycles. The zero-order chi connectivity index (χ0) is 13.7. The predicted octanol–water partition coefficient (Wildman–Crippen LogP) is 2.77. The molecular formula is C14H14N2O3. The molecule has 1 aromatic carbocycles. The minimum Gasteiger partial charge on any atom is -0.486 e. The maximum Gasteiger partial charge on any atom is 0.356 e. The third kappa shape index (κ3) is 2.65. The summed E-state index contributed by atoms with van der Waals surface area (Å²) in [6.07, 6.45) is 3.01. The first-order chi connectivity index (χ1) is 9.27. The molecule has 5 heteroatoms. The minimum atomic E-state index is -0.467. The fourth-order valence-corrected chi connectivity index (χ4v) is 1.75. The first-order valence-electron chi connectivity index (χ1n) is 5.68. The van der Waals surface area contributed by atoms with Gasteiger partial charge in [-0.1, -0.05) is 30.3 Å². The fourth-order valence-electron chi connectivity index (χ4n) is 1.75. The topological polar surface area (TPSA) is 63.7 Å². The molecule has 0 aliphatic heterocycles. The summed E-state index contributed by atoms with van der Waals surface area (Å²) >= 11 is 0. The summed E-state index contributed by atoms with van der Waals surface area (Å²) in [5.41, 5.74) is 2.57. The first kappa shape index (κ1) is 12.9. The number of nitrogens with zero attached hydrogens (tertiary/aromatic N) is 1. The van der Waals surface area contributed by atoms with Crippen LogP contribution < -0.4 is 0 Å². The van der Waals surface area contributed by atoms with Gasteiger partial charge >= 0.3 is 5.97 Å². The smallest absolute Gasteiger partial charge is 0.356 e. The molecule has 0 radical (unpaired) electrons.